The van der Waals surface area contributed by atoms with Gasteiger partial charge in [0, 0.05) is 19.6 Å². The van der Waals surface area contributed by atoms with Crippen LogP contribution in [0.15, 0.2) is 53.5 Å². The normalized spacial score (nSPS) is 15.9. The van der Waals surface area contributed by atoms with E-state index in [1.54, 1.807) is 6.07 Å². The number of likely N-dealkylation sites (tertiary alicyclic amines) is 1. The number of nitrogens with zero attached hydrogens (tertiary/aromatic N) is 2. The maximum Gasteiger partial charge on any atom is 0.573 e. The average molecular weight is 550 g/mol. The molecule has 0 amide bonds. The summed E-state index contributed by atoms with van der Waals surface area (Å²) in [6, 6.07) is 13.5. The van der Waals surface area contributed by atoms with Crippen LogP contribution >= 0.6 is 24.0 Å². The second kappa shape index (κ2) is 11.5. The molecule has 3 rings (SSSR count). The van der Waals surface area contributed by atoms with Crippen molar-refractivity contribution in [2.45, 2.75) is 38.4 Å². The van der Waals surface area contributed by atoms with Gasteiger partial charge < -0.3 is 20.9 Å². The molecule has 0 unspecified atom stereocenters. The summed E-state index contributed by atoms with van der Waals surface area (Å²) in [5.74, 6) is -0.389. The first-order valence-corrected chi connectivity index (χ1v) is 9.69. The van der Waals surface area contributed by atoms with Crippen molar-refractivity contribution in [3.05, 3.63) is 59.7 Å². The van der Waals surface area contributed by atoms with Gasteiger partial charge >= 0.3 is 6.36 Å². The third-order valence-corrected chi connectivity index (χ3v) is 4.86. The molecule has 0 radical (unpaired) electrons. The fourth-order valence-electron chi connectivity index (χ4n) is 3.32. The molecule has 6 nitrogen and oxygen atoms in total. The summed E-state index contributed by atoms with van der Waals surface area (Å²) in [7, 11) is 0. The third kappa shape index (κ3) is 8.19. The Labute approximate surface area is 196 Å². The van der Waals surface area contributed by atoms with Gasteiger partial charge in [0.2, 0.25) is 0 Å². The zero-order valence-corrected chi connectivity index (χ0v) is 19.1. The van der Waals surface area contributed by atoms with E-state index in [0.717, 1.165) is 43.6 Å². The van der Waals surface area contributed by atoms with E-state index < -0.39 is 6.36 Å². The molecule has 2 aromatic rings. The monoisotopic (exact) mass is 550 g/mol. The summed E-state index contributed by atoms with van der Waals surface area (Å²) in [4.78, 5) is 6.56. The SMILES string of the molecule is I.NC(=NCc1ccccc1CN1CCC(O)CC1)Nc1ccccc1OC(F)(F)F. The minimum absolute atomic E-state index is 0. The highest BCUT2D eigenvalue weighted by Crippen LogP contribution is 2.29. The molecule has 1 aliphatic rings. The number of hydrogen-bond donors (Lipinski definition) is 3. The molecule has 10 heteroatoms. The van der Waals surface area contributed by atoms with Gasteiger partial charge in [-0.15, -0.1) is 37.1 Å². The van der Waals surface area contributed by atoms with Crippen LogP contribution in [0, 0.1) is 0 Å². The van der Waals surface area contributed by atoms with Gasteiger partial charge in [0.15, 0.2) is 11.7 Å². The predicted molar refractivity (Wildman–Crippen MR) is 124 cm³/mol. The number of halogens is 4. The van der Waals surface area contributed by atoms with Crippen molar-refractivity contribution in [1.29, 1.82) is 0 Å². The molecular weight excluding hydrogens is 524 g/mol. The van der Waals surface area contributed by atoms with Crippen molar-refractivity contribution in [2.24, 2.45) is 10.7 Å². The molecule has 1 aliphatic heterocycles. The molecule has 0 spiro atoms. The van der Waals surface area contributed by atoms with Crippen molar-refractivity contribution < 1.29 is 23.0 Å². The maximum absolute atomic E-state index is 12.6. The minimum atomic E-state index is -4.80. The van der Waals surface area contributed by atoms with Gasteiger partial charge in [-0.3, -0.25) is 4.90 Å². The first-order valence-electron chi connectivity index (χ1n) is 9.69. The van der Waals surface area contributed by atoms with Crippen LogP contribution in [-0.2, 0) is 13.1 Å². The van der Waals surface area contributed by atoms with Crippen molar-refractivity contribution in [3.8, 4) is 5.75 Å². The summed E-state index contributed by atoms with van der Waals surface area (Å²) >= 11 is 0. The molecule has 0 aliphatic carbocycles. The van der Waals surface area contributed by atoms with Gasteiger partial charge in [0.05, 0.1) is 18.3 Å². The van der Waals surface area contributed by atoms with Gasteiger partial charge in [0.25, 0.3) is 0 Å². The first kappa shape index (κ1) is 25.2. The minimum Gasteiger partial charge on any atom is -0.404 e. The Kier molecular flexibility index (Phi) is 9.38. The predicted octanol–water partition coefficient (Wildman–Crippen LogP) is 4.09. The van der Waals surface area contributed by atoms with Crippen molar-refractivity contribution in [1.82, 2.24) is 4.90 Å². The van der Waals surface area contributed by atoms with Crippen LogP contribution in [0.4, 0.5) is 18.9 Å². The van der Waals surface area contributed by atoms with E-state index in [1.165, 1.54) is 18.2 Å². The first-order chi connectivity index (χ1) is 14.3. The number of alkyl halides is 3. The molecule has 31 heavy (non-hydrogen) atoms. The number of guanidine groups is 1. The number of benzene rings is 2. The van der Waals surface area contributed by atoms with Crippen LogP contribution < -0.4 is 15.8 Å². The Bertz CT molecular complexity index is 872. The van der Waals surface area contributed by atoms with Gasteiger partial charge in [0.1, 0.15) is 0 Å². The van der Waals surface area contributed by atoms with Gasteiger partial charge in [-0.1, -0.05) is 36.4 Å². The molecule has 1 saturated heterocycles. The number of aliphatic imine (C=N–C) groups is 1. The molecule has 1 fully saturated rings. The van der Waals surface area contributed by atoms with Crippen molar-refractivity contribution in [2.75, 3.05) is 18.4 Å². The molecule has 2 aromatic carbocycles. The maximum atomic E-state index is 12.6. The van der Waals surface area contributed by atoms with Crippen LogP contribution in [-0.4, -0.2) is 41.5 Å². The zero-order valence-electron chi connectivity index (χ0n) is 16.8. The lowest BCUT2D eigenvalue weighted by molar-refractivity contribution is -0.274. The number of anilines is 1. The number of aliphatic hydroxyl groups is 1. The van der Waals surface area contributed by atoms with Crippen molar-refractivity contribution in [3.63, 3.8) is 0 Å². The lowest BCUT2D eigenvalue weighted by Gasteiger charge is -2.30. The van der Waals surface area contributed by atoms with Crippen LogP contribution in [0.3, 0.4) is 0 Å². The number of rotatable bonds is 6. The second-order valence-corrected chi connectivity index (χ2v) is 7.15. The van der Waals surface area contributed by atoms with Gasteiger partial charge in [-0.05, 0) is 36.1 Å². The highest BCUT2D eigenvalue weighted by atomic mass is 127. The van der Waals surface area contributed by atoms with Crippen molar-refractivity contribution >= 4 is 35.6 Å². The standard InChI is InChI=1S/C21H25F3N4O2.HI/c22-21(23,24)30-19-8-4-3-7-18(19)27-20(25)26-13-15-5-1-2-6-16(15)14-28-11-9-17(29)10-12-28;/h1-8,17,29H,9-14H2,(H3,25,26,27);1H. The molecule has 1 heterocycles. The number of nitrogens with one attached hydrogen (secondary N) is 1. The number of para-hydroxylation sites is 2. The van der Waals surface area contributed by atoms with Crippen LogP contribution in [0.25, 0.3) is 0 Å². The fraction of sp³-hybridized carbons (Fsp3) is 0.381. The highest BCUT2D eigenvalue weighted by molar-refractivity contribution is 14.0. The van der Waals surface area contributed by atoms with E-state index >= 15 is 0 Å². The smallest absolute Gasteiger partial charge is 0.404 e. The molecular formula is C21H26F3IN4O2. The fourth-order valence-corrected chi connectivity index (χ4v) is 3.32. The molecule has 170 valence electrons. The van der Waals surface area contributed by atoms with E-state index in [2.05, 4.69) is 19.9 Å². The summed E-state index contributed by atoms with van der Waals surface area (Å²) in [6.07, 6.45) is -3.50. The molecule has 0 atom stereocenters. The van der Waals surface area contributed by atoms with E-state index in [4.69, 9.17) is 5.73 Å². The summed E-state index contributed by atoms with van der Waals surface area (Å²) < 4.78 is 41.7. The topological polar surface area (TPSA) is 83.1 Å². The Hall–Kier alpha value is -2.05. The zero-order chi connectivity index (χ0) is 21.6. The number of ether oxygens (including phenoxy) is 1. The number of nitrogens with two attached hydrogens (primary N) is 1. The van der Waals surface area contributed by atoms with E-state index in [1.807, 2.05) is 24.3 Å². The van der Waals surface area contributed by atoms with Gasteiger partial charge in [-0.25, -0.2) is 4.99 Å². The van der Waals surface area contributed by atoms with E-state index in [9.17, 15) is 18.3 Å². The second-order valence-electron chi connectivity index (χ2n) is 7.15. The summed E-state index contributed by atoms with van der Waals surface area (Å²) in [5.41, 5.74) is 8.06. The number of aliphatic hydroxyl groups excluding tert-OH is 1. The third-order valence-electron chi connectivity index (χ3n) is 4.86. The van der Waals surface area contributed by atoms with E-state index in [0.29, 0.717) is 0 Å². The number of piperidine rings is 1. The molecule has 0 bridgehead atoms. The quantitative estimate of drug-likeness (QED) is 0.287. The molecule has 0 aromatic heterocycles. The summed E-state index contributed by atoms with van der Waals surface area (Å²) in [6.45, 7) is 2.69. The average Bonchev–Trinajstić information content (AvgIpc) is 2.69. The Morgan fingerprint density at radius 2 is 1.71 bits per heavy atom. The summed E-state index contributed by atoms with van der Waals surface area (Å²) in [5, 5.41) is 12.3. The highest BCUT2D eigenvalue weighted by Gasteiger charge is 2.32. The van der Waals surface area contributed by atoms with Crippen LogP contribution in [0.1, 0.15) is 24.0 Å². The lowest BCUT2D eigenvalue weighted by Crippen LogP contribution is -2.35. The molecule has 4 N–H and O–H groups in total. The lowest BCUT2D eigenvalue weighted by atomic mass is 10.0. The molecule has 0 saturated carbocycles. The van der Waals surface area contributed by atoms with Crippen LogP contribution in [0.2, 0.25) is 0 Å². The van der Waals surface area contributed by atoms with Gasteiger partial charge in [-0.2, -0.15) is 0 Å². The Morgan fingerprint density at radius 3 is 2.39 bits per heavy atom. The Balaban J connectivity index is 0.00000341. The number of hydrogen-bond acceptors (Lipinski definition) is 4. The van der Waals surface area contributed by atoms with Crippen LogP contribution in [0.5, 0.6) is 5.75 Å². The Morgan fingerprint density at radius 1 is 1.10 bits per heavy atom. The largest absolute Gasteiger partial charge is 0.573 e. The van der Waals surface area contributed by atoms with E-state index in [-0.39, 0.29) is 54.0 Å².